The van der Waals surface area contributed by atoms with Gasteiger partial charge in [-0.3, -0.25) is 4.79 Å². The number of benzene rings is 2. The highest BCUT2D eigenvalue weighted by Crippen LogP contribution is 2.16. The third kappa shape index (κ3) is 5.09. The Hall–Kier alpha value is -2.34. The first kappa shape index (κ1) is 18.0. The molecule has 0 unspecified atom stereocenters. The highest BCUT2D eigenvalue weighted by molar-refractivity contribution is 9.10. The molecule has 0 spiro atoms. The van der Waals surface area contributed by atoms with Gasteiger partial charge in [0, 0.05) is 4.47 Å². The van der Waals surface area contributed by atoms with Gasteiger partial charge in [-0.15, -0.1) is 0 Å². The number of methoxy groups -OCH3 is 1. The van der Waals surface area contributed by atoms with Gasteiger partial charge in [-0.05, 0) is 42.8 Å². The van der Waals surface area contributed by atoms with E-state index in [0.29, 0.717) is 11.3 Å². The summed E-state index contributed by atoms with van der Waals surface area (Å²) in [5, 5.41) is 2.79. The minimum Gasteiger partial charge on any atom is -0.497 e. The van der Waals surface area contributed by atoms with Crippen molar-refractivity contribution in [2.24, 2.45) is 0 Å². The molecule has 5 nitrogen and oxygen atoms in total. The van der Waals surface area contributed by atoms with E-state index in [1.807, 2.05) is 31.2 Å². The van der Waals surface area contributed by atoms with E-state index in [2.05, 4.69) is 21.2 Å². The van der Waals surface area contributed by atoms with E-state index in [1.165, 1.54) is 7.11 Å². The van der Waals surface area contributed by atoms with Crippen LogP contribution in [0.25, 0.3) is 0 Å². The van der Waals surface area contributed by atoms with Crippen LogP contribution in [0, 0.1) is 0 Å². The van der Waals surface area contributed by atoms with Crippen LogP contribution in [-0.2, 0) is 9.53 Å². The van der Waals surface area contributed by atoms with Gasteiger partial charge < -0.3 is 14.8 Å². The number of carbonyl (C=O) groups is 2. The van der Waals surface area contributed by atoms with E-state index in [9.17, 15) is 9.59 Å². The van der Waals surface area contributed by atoms with Crippen LogP contribution in [0.2, 0.25) is 0 Å². The number of hydrogen-bond donors (Lipinski definition) is 1. The molecule has 0 heterocycles. The topological polar surface area (TPSA) is 64.6 Å². The highest BCUT2D eigenvalue weighted by atomic mass is 79.9. The summed E-state index contributed by atoms with van der Waals surface area (Å²) in [4.78, 5) is 23.9. The summed E-state index contributed by atoms with van der Waals surface area (Å²) in [6.45, 7) is 1.53. The summed E-state index contributed by atoms with van der Waals surface area (Å²) in [5.41, 5.74) is 1.30. The molecule has 1 atom stereocenters. The largest absolute Gasteiger partial charge is 0.497 e. The fraction of sp³-hybridized carbons (Fsp3) is 0.222. The summed E-state index contributed by atoms with van der Waals surface area (Å²) in [6.07, 6.45) is 0. The first-order chi connectivity index (χ1) is 11.5. The van der Waals surface area contributed by atoms with Crippen LogP contribution in [0.1, 0.15) is 28.9 Å². The quantitative estimate of drug-likeness (QED) is 0.765. The fourth-order valence-corrected chi connectivity index (χ4v) is 2.35. The Morgan fingerprint density at radius 3 is 2.54 bits per heavy atom. The summed E-state index contributed by atoms with van der Waals surface area (Å²) >= 11 is 3.36. The molecule has 0 saturated heterocycles. The van der Waals surface area contributed by atoms with Crippen LogP contribution in [0.4, 0.5) is 0 Å². The second kappa shape index (κ2) is 8.49. The SMILES string of the molecule is COc1cccc(C(=O)OCC(=O)N[C@@H](C)c2ccc(Br)cc2)c1. The molecule has 0 aliphatic rings. The van der Waals surface area contributed by atoms with Crippen molar-refractivity contribution in [1.29, 1.82) is 0 Å². The van der Waals surface area contributed by atoms with Gasteiger partial charge in [-0.2, -0.15) is 0 Å². The van der Waals surface area contributed by atoms with Crippen molar-refractivity contribution in [3.8, 4) is 5.75 Å². The standard InChI is InChI=1S/C18H18BrNO4/c1-12(13-6-8-15(19)9-7-13)20-17(21)11-24-18(22)14-4-3-5-16(10-14)23-2/h3-10,12H,11H2,1-2H3,(H,20,21)/t12-/m0/s1. The molecular weight excluding hydrogens is 374 g/mol. The Morgan fingerprint density at radius 1 is 1.17 bits per heavy atom. The summed E-state index contributed by atoms with van der Waals surface area (Å²) in [5.74, 6) is -0.375. The Labute approximate surface area is 149 Å². The molecule has 2 rings (SSSR count). The molecule has 126 valence electrons. The number of rotatable bonds is 6. The van der Waals surface area contributed by atoms with Gasteiger partial charge in [0.15, 0.2) is 6.61 Å². The normalized spacial score (nSPS) is 11.5. The average molecular weight is 392 g/mol. The van der Waals surface area contributed by atoms with Gasteiger partial charge in [-0.1, -0.05) is 34.1 Å². The molecule has 1 N–H and O–H groups in total. The van der Waals surface area contributed by atoms with Crippen molar-refractivity contribution in [2.75, 3.05) is 13.7 Å². The van der Waals surface area contributed by atoms with Gasteiger partial charge >= 0.3 is 5.97 Å². The summed E-state index contributed by atoms with van der Waals surface area (Å²) < 4.78 is 11.1. The first-order valence-corrected chi connectivity index (χ1v) is 8.15. The maximum absolute atomic E-state index is 11.9. The van der Waals surface area contributed by atoms with E-state index in [4.69, 9.17) is 9.47 Å². The first-order valence-electron chi connectivity index (χ1n) is 7.35. The lowest BCUT2D eigenvalue weighted by Gasteiger charge is -2.14. The van der Waals surface area contributed by atoms with E-state index >= 15 is 0 Å². The summed E-state index contributed by atoms with van der Waals surface area (Å²) in [6, 6.07) is 14.0. The van der Waals surface area contributed by atoms with Crippen molar-refractivity contribution in [3.05, 3.63) is 64.1 Å². The second-order valence-corrected chi connectivity index (χ2v) is 6.06. The minimum atomic E-state index is -0.569. The zero-order valence-electron chi connectivity index (χ0n) is 13.4. The Bertz CT molecular complexity index is 715. The molecule has 24 heavy (non-hydrogen) atoms. The lowest BCUT2D eigenvalue weighted by atomic mass is 10.1. The lowest BCUT2D eigenvalue weighted by Crippen LogP contribution is -2.31. The number of esters is 1. The van der Waals surface area contributed by atoms with Crippen LogP contribution in [-0.4, -0.2) is 25.6 Å². The van der Waals surface area contributed by atoms with Gasteiger partial charge in [0.25, 0.3) is 5.91 Å². The number of halogens is 1. The molecule has 0 aromatic heterocycles. The smallest absolute Gasteiger partial charge is 0.338 e. The van der Waals surface area contributed by atoms with Crippen LogP contribution in [0.15, 0.2) is 53.0 Å². The number of hydrogen-bond acceptors (Lipinski definition) is 4. The van der Waals surface area contributed by atoms with Crippen LogP contribution in [0.5, 0.6) is 5.75 Å². The van der Waals surface area contributed by atoms with Crippen LogP contribution < -0.4 is 10.1 Å². The predicted octanol–water partition coefficient (Wildman–Crippen LogP) is 3.49. The van der Waals surface area contributed by atoms with Crippen molar-refractivity contribution in [1.82, 2.24) is 5.32 Å². The number of ether oxygens (including phenoxy) is 2. The van der Waals surface area contributed by atoms with Crippen molar-refractivity contribution >= 4 is 27.8 Å². The van der Waals surface area contributed by atoms with Crippen LogP contribution in [0.3, 0.4) is 0 Å². The maximum Gasteiger partial charge on any atom is 0.338 e. The molecule has 1 amide bonds. The molecule has 0 aliphatic heterocycles. The molecule has 0 saturated carbocycles. The third-order valence-corrected chi connectivity index (χ3v) is 3.92. The number of carbonyl (C=O) groups excluding carboxylic acids is 2. The molecule has 0 aliphatic carbocycles. The van der Waals surface area contributed by atoms with E-state index in [0.717, 1.165) is 10.0 Å². The molecule has 0 radical (unpaired) electrons. The molecule has 2 aromatic carbocycles. The van der Waals surface area contributed by atoms with Crippen molar-refractivity contribution in [3.63, 3.8) is 0 Å². The number of nitrogens with one attached hydrogen (secondary N) is 1. The molecule has 2 aromatic rings. The van der Waals surface area contributed by atoms with Crippen molar-refractivity contribution < 1.29 is 19.1 Å². The van der Waals surface area contributed by atoms with Gasteiger partial charge in [0.05, 0.1) is 18.7 Å². The molecule has 0 bridgehead atoms. The molecule has 0 fully saturated rings. The van der Waals surface area contributed by atoms with Gasteiger partial charge in [0.1, 0.15) is 5.75 Å². The Balaban J connectivity index is 1.86. The highest BCUT2D eigenvalue weighted by Gasteiger charge is 2.13. The van der Waals surface area contributed by atoms with Crippen molar-refractivity contribution in [2.45, 2.75) is 13.0 Å². The van der Waals surface area contributed by atoms with Crippen LogP contribution >= 0.6 is 15.9 Å². The monoisotopic (exact) mass is 391 g/mol. The van der Waals surface area contributed by atoms with Gasteiger partial charge in [-0.25, -0.2) is 4.79 Å². The maximum atomic E-state index is 11.9. The average Bonchev–Trinajstić information content (AvgIpc) is 2.60. The molecular formula is C18H18BrNO4. The Kier molecular flexibility index (Phi) is 6.37. The minimum absolute atomic E-state index is 0.180. The van der Waals surface area contributed by atoms with Gasteiger partial charge in [0.2, 0.25) is 0 Å². The number of amides is 1. The van der Waals surface area contributed by atoms with E-state index in [-0.39, 0.29) is 18.6 Å². The summed E-state index contributed by atoms with van der Waals surface area (Å²) in [7, 11) is 1.52. The van der Waals surface area contributed by atoms with E-state index in [1.54, 1.807) is 24.3 Å². The Morgan fingerprint density at radius 2 is 1.88 bits per heavy atom. The van der Waals surface area contributed by atoms with E-state index < -0.39 is 5.97 Å². The zero-order valence-corrected chi connectivity index (χ0v) is 15.0. The fourth-order valence-electron chi connectivity index (χ4n) is 2.08. The third-order valence-electron chi connectivity index (χ3n) is 3.39. The lowest BCUT2D eigenvalue weighted by molar-refractivity contribution is -0.124. The molecule has 6 heteroatoms. The zero-order chi connectivity index (χ0) is 17.5. The second-order valence-electron chi connectivity index (χ2n) is 5.15. The predicted molar refractivity (Wildman–Crippen MR) is 94.0 cm³/mol.